The van der Waals surface area contributed by atoms with Crippen molar-refractivity contribution in [2.45, 2.75) is 0 Å². The van der Waals surface area contributed by atoms with E-state index >= 15 is 0 Å². The molecule has 1 aliphatic rings. The van der Waals surface area contributed by atoms with E-state index in [0.29, 0.717) is 16.9 Å². The Morgan fingerprint density at radius 1 is 0.730 bits per heavy atom. The molecule has 1 amide bonds. The zero-order chi connectivity index (χ0) is 26.2. The Hall–Kier alpha value is -5.11. The summed E-state index contributed by atoms with van der Waals surface area (Å²) < 4.78 is 9.77. The van der Waals surface area contributed by atoms with Crippen LogP contribution >= 0.6 is 0 Å². The van der Waals surface area contributed by atoms with Crippen molar-refractivity contribution in [3.8, 4) is 0 Å². The summed E-state index contributed by atoms with van der Waals surface area (Å²) in [6.07, 6.45) is 6.36. The third-order valence-electron chi connectivity index (χ3n) is 5.48. The first kappa shape index (κ1) is 25.0. The summed E-state index contributed by atoms with van der Waals surface area (Å²) in [7, 11) is 2.46. The monoisotopic (exact) mass is 495 g/mol. The molecule has 0 unspecified atom stereocenters. The van der Waals surface area contributed by atoms with Crippen molar-refractivity contribution in [1.29, 1.82) is 0 Å². The quantitative estimate of drug-likeness (QED) is 0.436. The third kappa shape index (κ3) is 5.94. The molecule has 0 bridgehead atoms. The van der Waals surface area contributed by atoms with Gasteiger partial charge < -0.3 is 25.0 Å². The summed E-state index contributed by atoms with van der Waals surface area (Å²) in [4.78, 5) is 39.5. The van der Waals surface area contributed by atoms with Gasteiger partial charge in [0.1, 0.15) is 5.70 Å². The minimum atomic E-state index is -0.726. The largest absolute Gasteiger partial charge is 0.465 e. The maximum absolute atomic E-state index is 13.0. The number of allylic oxidation sites excluding steroid dienone is 2. The molecule has 37 heavy (non-hydrogen) atoms. The number of rotatable bonds is 7. The molecule has 0 spiro atoms. The average molecular weight is 496 g/mol. The molecule has 2 N–H and O–H groups in total. The van der Waals surface area contributed by atoms with Crippen LogP contribution in [0.1, 0.15) is 10.4 Å². The van der Waals surface area contributed by atoms with Crippen LogP contribution in [-0.4, -0.2) is 32.1 Å². The van der Waals surface area contributed by atoms with Crippen molar-refractivity contribution in [3.63, 3.8) is 0 Å². The topological polar surface area (TPSA) is 97.0 Å². The Kier molecular flexibility index (Phi) is 7.80. The van der Waals surface area contributed by atoms with E-state index in [-0.39, 0.29) is 17.2 Å². The second kappa shape index (κ2) is 11.5. The highest BCUT2D eigenvalue weighted by molar-refractivity contribution is 6.07. The maximum Gasteiger partial charge on any atom is 0.355 e. The molecule has 4 rings (SSSR count). The summed E-state index contributed by atoms with van der Waals surface area (Å²) >= 11 is 0. The Morgan fingerprint density at radius 3 is 2.11 bits per heavy atom. The van der Waals surface area contributed by atoms with E-state index in [9.17, 15) is 14.4 Å². The second-order valence-electron chi connectivity index (χ2n) is 7.89. The summed E-state index contributed by atoms with van der Waals surface area (Å²) in [5.74, 6) is -1.75. The number of methoxy groups -OCH3 is 2. The standard InChI is InChI=1S/C29H25N3O5/c1-36-28(34)25-13-6-7-18-32(26(25)29(35)37-2)24-12-8-9-20(19-24)27(33)31-23-16-14-22(15-17-23)30-21-10-4-3-5-11-21/h3-19,30H,1-2H3,(H,31,33). The first-order valence-corrected chi connectivity index (χ1v) is 11.4. The predicted molar refractivity (Wildman–Crippen MR) is 142 cm³/mol. The van der Waals surface area contributed by atoms with E-state index in [1.54, 1.807) is 54.8 Å². The Morgan fingerprint density at radius 2 is 1.41 bits per heavy atom. The normalized spacial score (nSPS) is 12.5. The minimum absolute atomic E-state index is 0.0263. The Labute approximate surface area is 214 Å². The smallest absolute Gasteiger partial charge is 0.355 e. The number of benzene rings is 3. The summed E-state index contributed by atoms with van der Waals surface area (Å²) in [6.45, 7) is 0. The highest BCUT2D eigenvalue weighted by Crippen LogP contribution is 2.27. The summed E-state index contributed by atoms with van der Waals surface area (Å²) in [5, 5.41) is 6.17. The van der Waals surface area contributed by atoms with E-state index < -0.39 is 11.9 Å². The molecule has 1 aliphatic heterocycles. The van der Waals surface area contributed by atoms with Crippen LogP contribution in [0, 0.1) is 0 Å². The third-order valence-corrected chi connectivity index (χ3v) is 5.48. The van der Waals surface area contributed by atoms with Crippen LogP contribution in [0.25, 0.3) is 0 Å². The highest BCUT2D eigenvalue weighted by atomic mass is 16.5. The van der Waals surface area contributed by atoms with E-state index in [4.69, 9.17) is 9.47 Å². The van der Waals surface area contributed by atoms with Gasteiger partial charge in [-0.1, -0.05) is 30.3 Å². The molecule has 186 valence electrons. The van der Waals surface area contributed by atoms with Gasteiger partial charge in [0, 0.05) is 34.5 Å². The number of hydrogen-bond donors (Lipinski definition) is 2. The summed E-state index contributed by atoms with van der Waals surface area (Å²) in [6, 6.07) is 23.8. The fourth-order valence-electron chi connectivity index (χ4n) is 3.69. The van der Waals surface area contributed by atoms with Crippen LogP contribution in [0.15, 0.2) is 115 Å². The molecule has 3 aromatic rings. The number of ether oxygens (including phenoxy) is 2. The Bertz CT molecular complexity index is 1390. The number of amides is 1. The number of nitrogens with zero attached hydrogens (tertiary/aromatic N) is 1. The number of carbonyl (C=O) groups is 3. The lowest BCUT2D eigenvalue weighted by Gasteiger charge is -2.23. The molecule has 0 aromatic heterocycles. The Balaban J connectivity index is 1.56. The first-order valence-electron chi connectivity index (χ1n) is 11.4. The van der Waals surface area contributed by atoms with E-state index in [0.717, 1.165) is 11.4 Å². The SMILES string of the molecule is COC(=O)C1=C(C(=O)OC)N(c2cccc(C(=O)Nc3ccc(Nc4ccccc4)cc3)c2)C=CC=C1. The van der Waals surface area contributed by atoms with Gasteiger partial charge in [0.15, 0.2) is 0 Å². The number of carbonyl (C=O) groups excluding carboxylic acids is 3. The maximum atomic E-state index is 13.0. The van der Waals surface area contributed by atoms with Gasteiger partial charge in [-0.15, -0.1) is 0 Å². The number of anilines is 4. The summed E-state index contributed by atoms with van der Waals surface area (Å²) in [5.41, 5.74) is 3.31. The molecule has 0 radical (unpaired) electrons. The number of para-hydroxylation sites is 1. The molecule has 0 atom stereocenters. The molecule has 3 aromatic carbocycles. The first-order chi connectivity index (χ1) is 18.0. The van der Waals surface area contributed by atoms with Gasteiger partial charge in [0.2, 0.25) is 0 Å². The molecule has 0 saturated carbocycles. The van der Waals surface area contributed by atoms with Gasteiger partial charge in [-0.25, -0.2) is 9.59 Å². The van der Waals surface area contributed by atoms with Crippen LogP contribution in [0.4, 0.5) is 22.7 Å². The molecule has 1 heterocycles. The highest BCUT2D eigenvalue weighted by Gasteiger charge is 2.27. The van der Waals surface area contributed by atoms with Crippen molar-refractivity contribution < 1.29 is 23.9 Å². The lowest BCUT2D eigenvalue weighted by molar-refractivity contribution is -0.139. The molecular formula is C29H25N3O5. The molecule has 0 saturated heterocycles. The molecule has 8 heteroatoms. The molecule has 0 aliphatic carbocycles. The van der Waals surface area contributed by atoms with Crippen molar-refractivity contribution in [3.05, 3.63) is 120 Å². The zero-order valence-corrected chi connectivity index (χ0v) is 20.3. The predicted octanol–water partition coefficient (Wildman–Crippen LogP) is 5.17. The van der Waals surface area contributed by atoms with Gasteiger partial charge in [0.05, 0.1) is 19.8 Å². The number of nitrogens with one attached hydrogen (secondary N) is 2. The number of hydrogen-bond acceptors (Lipinski definition) is 7. The molecule has 0 fully saturated rings. The van der Waals surface area contributed by atoms with E-state index in [1.807, 2.05) is 42.5 Å². The lowest BCUT2D eigenvalue weighted by Crippen LogP contribution is -2.27. The minimum Gasteiger partial charge on any atom is -0.465 e. The fraction of sp³-hybridized carbons (Fsp3) is 0.0690. The van der Waals surface area contributed by atoms with Crippen molar-refractivity contribution in [2.75, 3.05) is 29.8 Å². The van der Waals surface area contributed by atoms with Gasteiger partial charge >= 0.3 is 11.9 Å². The van der Waals surface area contributed by atoms with E-state index in [2.05, 4.69) is 10.6 Å². The average Bonchev–Trinajstić information content (AvgIpc) is 3.17. The molecular weight excluding hydrogens is 470 g/mol. The molecule has 8 nitrogen and oxygen atoms in total. The van der Waals surface area contributed by atoms with Crippen LogP contribution in [-0.2, 0) is 19.1 Å². The van der Waals surface area contributed by atoms with E-state index in [1.165, 1.54) is 25.2 Å². The van der Waals surface area contributed by atoms with Gasteiger partial charge in [-0.2, -0.15) is 0 Å². The van der Waals surface area contributed by atoms with Crippen LogP contribution in [0.5, 0.6) is 0 Å². The zero-order valence-electron chi connectivity index (χ0n) is 20.3. The van der Waals surface area contributed by atoms with Gasteiger partial charge in [0.25, 0.3) is 5.91 Å². The van der Waals surface area contributed by atoms with Crippen LogP contribution in [0.3, 0.4) is 0 Å². The number of esters is 2. The second-order valence-corrected chi connectivity index (χ2v) is 7.89. The van der Waals surface area contributed by atoms with Gasteiger partial charge in [-0.3, -0.25) is 4.79 Å². The fourth-order valence-corrected chi connectivity index (χ4v) is 3.69. The van der Waals surface area contributed by atoms with Crippen molar-refractivity contribution in [2.24, 2.45) is 0 Å². The van der Waals surface area contributed by atoms with Crippen LogP contribution in [0.2, 0.25) is 0 Å². The van der Waals surface area contributed by atoms with Crippen LogP contribution < -0.4 is 15.5 Å². The van der Waals surface area contributed by atoms with Crippen molar-refractivity contribution >= 4 is 40.6 Å². The lowest BCUT2D eigenvalue weighted by atomic mass is 10.1. The van der Waals surface area contributed by atoms with Gasteiger partial charge in [-0.05, 0) is 66.7 Å². The van der Waals surface area contributed by atoms with Crippen molar-refractivity contribution in [1.82, 2.24) is 0 Å².